The summed E-state index contributed by atoms with van der Waals surface area (Å²) in [5.74, 6) is 0.414. The molecule has 31 heavy (non-hydrogen) atoms. The fourth-order valence-corrected chi connectivity index (χ4v) is 5.27. The molecule has 0 radical (unpaired) electrons. The van der Waals surface area contributed by atoms with Crippen molar-refractivity contribution in [3.63, 3.8) is 0 Å². The third-order valence-corrected chi connectivity index (χ3v) is 7.25. The van der Waals surface area contributed by atoms with Crippen LogP contribution in [0.15, 0.2) is 52.4 Å². The number of amidine groups is 1. The summed E-state index contributed by atoms with van der Waals surface area (Å²) in [6.45, 7) is 0.660. The van der Waals surface area contributed by atoms with Gasteiger partial charge in [-0.15, -0.1) is 0 Å². The van der Waals surface area contributed by atoms with Crippen LogP contribution in [0, 0.1) is 0 Å². The highest BCUT2D eigenvalue weighted by molar-refractivity contribution is 7.90. The Bertz CT molecular complexity index is 1080. The van der Waals surface area contributed by atoms with Crippen molar-refractivity contribution in [3.8, 4) is 0 Å². The molecule has 0 unspecified atom stereocenters. The predicted octanol–water partition coefficient (Wildman–Crippen LogP) is 4.00. The lowest BCUT2D eigenvalue weighted by atomic mass is 9.90. The van der Waals surface area contributed by atoms with Crippen molar-refractivity contribution in [2.75, 3.05) is 11.9 Å². The number of anilines is 1. The van der Waals surface area contributed by atoms with Crippen LogP contribution in [0.4, 0.5) is 5.69 Å². The van der Waals surface area contributed by atoms with Crippen molar-refractivity contribution in [2.45, 2.75) is 62.7 Å². The number of benzene rings is 2. The number of aliphatic imine (C=N–C) groups is 1. The maximum atomic E-state index is 12.6. The molecule has 1 amide bonds. The molecule has 6 nitrogen and oxygen atoms in total. The number of rotatable bonds is 5. The monoisotopic (exact) mass is 439 g/mol. The van der Waals surface area contributed by atoms with E-state index in [9.17, 15) is 13.2 Å². The van der Waals surface area contributed by atoms with Crippen LogP contribution in [0.5, 0.6) is 0 Å². The number of carbonyl (C=O) groups is 1. The Morgan fingerprint density at radius 1 is 0.871 bits per heavy atom. The van der Waals surface area contributed by atoms with Gasteiger partial charge in [0, 0.05) is 18.7 Å². The molecule has 4 rings (SSSR count). The molecule has 0 fully saturated rings. The summed E-state index contributed by atoms with van der Waals surface area (Å²) in [6, 6.07) is 12.6. The quantitative estimate of drug-likeness (QED) is 0.738. The molecular weight excluding hydrogens is 410 g/mol. The standard InChI is InChI=1S/C24H29N3O3S/c28-24(17-18-9-10-19-6-3-4-7-20(19)16-18)26-21-11-13-22(14-12-21)31(29,30)27-23-8-2-1-5-15-25-23/h9-14,16H,1-8,15,17H2,(H,25,27)(H,26,28). The lowest BCUT2D eigenvalue weighted by Crippen LogP contribution is -2.30. The fraction of sp³-hybridized carbons (Fsp3) is 0.417. The molecule has 2 aromatic carbocycles. The van der Waals surface area contributed by atoms with Crippen LogP contribution in [0.3, 0.4) is 0 Å². The molecule has 0 spiro atoms. The first-order valence-electron chi connectivity index (χ1n) is 11.1. The second-order valence-corrected chi connectivity index (χ2v) is 9.99. The number of carbonyl (C=O) groups excluding carboxylic acids is 1. The minimum absolute atomic E-state index is 0.114. The average molecular weight is 440 g/mol. The van der Waals surface area contributed by atoms with Crippen LogP contribution < -0.4 is 10.0 Å². The van der Waals surface area contributed by atoms with Crippen LogP contribution in [-0.2, 0) is 34.1 Å². The van der Waals surface area contributed by atoms with Gasteiger partial charge in [-0.3, -0.25) is 14.5 Å². The first-order chi connectivity index (χ1) is 15.0. The SMILES string of the molecule is O=C(Cc1ccc2c(c1)CCCC2)Nc1ccc(S(=O)(=O)NC2=NCCCCC2)cc1. The number of aryl methyl sites for hydroxylation is 2. The summed E-state index contributed by atoms with van der Waals surface area (Å²) in [5, 5.41) is 2.86. The molecule has 0 saturated heterocycles. The molecule has 0 aromatic heterocycles. The maximum absolute atomic E-state index is 12.6. The Morgan fingerprint density at radius 2 is 1.61 bits per heavy atom. The van der Waals surface area contributed by atoms with Gasteiger partial charge < -0.3 is 5.32 Å². The van der Waals surface area contributed by atoms with Gasteiger partial charge in [0.15, 0.2) is 0 Å². The normalized spacial score (nSPS) is 16.6. The molecule has 1 heterocycles. The molecular formula is C24H29N3O3S. The van der Waals surface area contributed by atoms with Crippen LogP contribution in [0.2, 0.25) is 0 Å². The van der Waals surface area contributed by atoms with Gasteiger partial charge in [0.05, 0.1) is 11.3 Å². The molecule has 1 aliphatic carbocycles. The van der Waals surface area contributed by atoms with E-state index in [-0.39, 0.29) is 10.8 Å². The van der Waals surface area contributed by atoms with E-state index >= 15 is 0 Å². The minimum Gasteiger partial charge on any atom is -0.326 e. The number of nitrogens with one attached hydrogen (secondary N) is 2. The van der Waals surface area contributed by atoms with E-state index in [1.54, 1.807) is 12.1 Å². The molecule has 0 atom stereocenters. The zero-order valence-corrected chi connectivity index (χ0v) is 18.5. The topological polar surface area (TPSA) is 87.6 Å². The predicted molar refractivity (Wildman–Crippen MR) is 123 cm³/mol. The summed E-state index contributed by atoms with van der Waals surface area (Å²) in [4.78, 5) is 17.0. The Balaban J connectivity index is 1.36. The number of sulfonamides is 1. The number of nitrogens with zero attached hydrogens (tertiary/aromatic N) is 1. The molecule has 0 saturated carbocycles. The molecule has 164 valence electrons. The van der Waals surface area contributed by atoms with Crippen LogP contribution in [-0.4, -0.2) is 26.7 Å². The fourth-order valence-electron chi connectivity index (χ4n) is 4.18. The van der Waals surface area contributed by atoms with Gasteiger partial charge in [-0.2, -0.15) is 0 Å². The zero-order chi connectivity index (χ0) is 21.7. The molecule has 2 aromatic rings. The Morgan fingerprint density at radius 3 is 2.42 bits per heavy atom. The van der Waals surface area contributed by atoms with E-state index in [1.165, 1.54) is 36.1 Å². The van der Waals surface area contributed by atoms with Crippen molar-refractivity contribution in [1.82, 2.24) is 4.72 Å². The van der Waals surface area contributed by atoms with Crippen LogP contribution >= 0.6 is 0 Å². The van der Waals surface area contributed by atoms with Gasteiger partial charge in [-0.05, 0) is 79.5 Å². The molecule has 0 bridgehead atoms. The molecule has 2 N–H and O–H groups in total. The highest BCUT2D eigenvalue weighted by Crippen LogP contribution is 2.23. The number of amides is 1. The second kappa shape index (κ2) is 9.64. The third-order valence-electron chi connectivity index (χ3n) is 5.85. The Kier molecular flexibility index (Phi) is 6.70. The number of hydrogen-bond donors (Lipinski definition) is 2. The van der Waals surface area contributed by atoms with Crippen molar-refractivity contribution < 1.29 is 13.2 Å². The third kappa shape index (κ3) is 5.73. The van der Waals surface area contributed by atoms with Crippen LogP contribution in [0.1, 0.15) is 55.2 Å². The molecule has 2 aliphatic rings. The summed E-state index contributed by atoms with van der Waals surface area (Å²) >= 11 is 0. The van der Waals surface area contributed by atoms with Gasteiger partial charge in [-0.25, -0.2) is 8.42 Å². The van der Waals surface area contributed by atoms with Crippen molar-refractivity contribution in [1.29, 1.82) is 0 Å². The summed E-state index contributed by atoms with van der Waals surface area (Å²) in [7, 11) is -3.67. The van der Waals surface area contributed by atoms with Gasteiger partial charge in [-0.1, -0.05) is 24.6 Å². The van der Waals surface area contributed by atoms with Crippen molar-refractivity contribution in [3.05, 3.63) is 59.2 Å². The first kappa shape index (κ1) is 21.6. The van der Waals surface area contributed by atoms with E-state index in [0.717, 1.165) is 37.7 Å². The van der Waals surface area contributed by atoms with Crippen LogP contribution in [0.25, 0.3) is 0 Å². The summed E-state index contributed by atoms with van der Waals surface area (Å²) < 4.78 is 27.9. The number of hydrogen-bond acceptors (Lipinski definition) is 4. The van der Waals surface area contributed by atoms with E-state index in [0.29, 0.717) is 30.9 Å². The minimum atomic E-state index is -3.67. The van der Waals surface area contributed by atoms with Gasteiger partial charge >= 0.3 is 0 Å². The molecule has 7 heteroatoms. The average Bonchev–Trinajstić information content (AvgIpc) is 3.02. The Hall–Kier alpha value is -2.67. The van der Waals surface area contributed by atoms with E-state index in [1.807, 2.05) is 6.07 Å². The largest absolute Gasteiger partial charge is 0.326 e. The van der Waals surface area contributed by atoms with E-state index in [2.05, 4.69) is 27.2 Å². The van der Waals surface area contributed by atoms with Crippen molar-refractivity contribution >= 4 is 27.5 Å². The molecule has 1 aliphatic heterocycles. The van der Waals surface area contributed by atoms with Gasteiger partial charge in [0.25, 0.3) is 10.0 Å². The summed E-state index contributed by atoms with van der Waals surface area (Å²) in [5.41, 5.74) is 4.34. The first-order valence-corrected chi connectivity index (χ1v) is 12.5. The highest BCUT2D eigenvalue weighted by Gasteiger charge is 2.17. The maximum Gasteiger partial charge on any atom is 0.262 e. The summed E-state index contributed by atoms with van der Waals surface area (Å²) in [6.07, 6.45) is 8.60. The van der Waals surface area contributed by atoms with E-state index in [4.69, 9.17) is 0 Å². The smallest absolute Gasteiger partial charge is 0.262 e. The highest BCUT2D eigenvalue weighted by atomic mass is 32.2. The second-order valence-electron chi connectivity index (χ2n) is 8.30. The van der Waals surface area contributed by atoms with Gasteiger partial charge in [0.1, 0.15) is 5.84 Å². The zero-order valence-electron chi connectivity index (χ0n) is 17.7. The van der Waals surface area contributed by atoms with Gasteiger partial charge in [0.2, 0.25) is 5.91 Å². The van der Waals surface area contributed by atoms with E-state index < -0.39 is 10.0 Å². The lowest BCUT2D eigenvalue weighted by Gasteiger charge is -2.16. The lowest BCUT2D eigenvalue weighted by molar-refractivity contribution is -0.115. The number of fused-ring (bicyclic) bond motifs is 1. The Labute approximate surface area is 184 Å². The van der Waals surface area contributed by atoms with Crippen molar-refractivity contribution in [2.24, 2.45) is 4.99 Å².